The number of thiophene rings is 1. The maximum Gasteiger partial charge on any atom is 0.220 e. The second-order valence-corrected chi connectivity index (χ2v) is 7.75. The first-order valence-corrected chi connectivity index (χ1v) is 8.78. The molecule has 0 bridgehead atoms. The molecule has 1 heterocycles. The standard InChI is InChI=1S/C15H24BrNO2S/c1-3-15(4-2,11-18)10-17-14(19)7-5-6-12-8-9-13(16)20-12/h8-9,18H,3-7,10-11H2,1-2H3,(H,17,19). The number of halogens is 1. The summed E-state index contributed by atoms with van der Waals surface area (Å²) in [5, 5.41) is 12.4. The Labute approximate surface area is 133 Å². The lowest BCUT2D eigenvalue weighted by atomic mass is 9.83. The van der Waals surface area contributed by atoms with Gasteiger partial charge in [0.15, 0.2) is 0 Å². The van der Waals surface area contributed by atoms with E-state index in [9.17, 15) is 9.90 Å². The van der Waals surface area contributed by atoms with Crippen molar-refractivity contribution in [3.05, 3.63) is 20.8 Å². The molecular formula is C15H24BrNO2S. The Hall–Kier alpha value is -0.390. The fraction of sp³-hybridized carbons (Fsp3) is 0.667. The Morgan fingerprint density at radius 3 is 2.60 bits per heavy atom. The first kappa shape index (κ1) is 17.7. The molecule has 0 aliphatic heterocycles. The third kappa shape index (κ3) is 5.54. The van der Waals surface area contributed by atoms with Gasteiger partial charge in [-0.2, -0.15) is 0 Å². The molecule has 0 saturated heterocycles. The fourth-order valence-corrected chi connectivity index (χ4v) is 3.59. The van der Waals surface area contributed by atoms with Crippen LogP contribution in [0, 0.1) is 5.41 Å². The van der Waals surface area contributed by atoms with Crippen molar-refractivity contribution in [1.29, 1.82) is 0 Å². The fourth-order valence-electron chi connectivity index (χ4n) is 2.06. The molecule has 20 heavy (non-hydrogen) atoms. The summed E-state index contributed by atoms with van der Waals surface area (Å²) in [5.74, 6) is 0.0837. The van der Waals surface area contributed by atoms with Crippen LogP contribution in [0.5, 0.6) is 0 Å². The smallest absolute Gasteiger partial charge is 0.220 e. The van der Waals surface area contributed by atoms with E-state index < -0.39 is 0 Å². The molecule has 114 valence electrons. The molecule has 0 saturated carbocycles. The van der Waals surface area contributed by atoms with Crippen molar-refractivity contribution < 1.29 is 9.90 Å². The summed E-state index contributed by atoms with van der Waals surface area (Å²) in [6.45, 7) is 4.81. The van der Waals surface area contributed by atoms with E-state index in [-0.39, 0.29) is 17.9 Å². The van der Waals surface area contributed by atoms with Crippen LogP contribution in [0.1, 0.15) is 44.4 Å². The Balaban J connectivity index is 2.26. The molecule has 3 nitrogen and oxygen atoms in total. The van der Waals surface area contributed by atoms with Gasteiger partial charge in [-0.25, -0.2) is 0 Å². The highest BCUT2D eigenvalue weighted by Crippen LogP contribution is 2.25. The second-order valence-electron chi connectivity index (χ2n) is 5.20. The monoisotopic (exact) mass is 361 g/mol. The molecule has 0 fully saturated rings. The van der Waals surface area contributed by atoms with Crippen LogP contribution in [0.3, 0.4) is 0 Å². The van der Waals surface area contributed by atoms with Crippen molar-refractivity contribution in [1.82, 2.24) is 5.32 Å². The quantitative estimate of drug-likeness (QED) is 0.703. The van der Waals surface area contributed by atoms with Crippen LogP contribution in [-0.4, -0.2) is 24.2 Å². The number of rotatable bonds is 9. The highest BCUT2D eigenvalue weighted by atomic mass is 79.9. The van der Waals surface area contributed by atoms with Crippen molar-refractivity contribution in [2.75, 3.05) is 13.2 Å². The highest BCUT2D eigenvalue weighted by Gasteiger charge is 2.25. The number of hydrogen-bond acceptors (Lipinski definition) is 3. The zero-order valence-corrected chi connectivity index (χ0v) is 14.6. The van der Waals surface area contributed by atoms with Gasteiger partial charge in [0.1, 0.15) is 0 Å². The summed E-state index contributed by atoms with van der Waals surface area (Å²) in [6.07, 6.45) is 4.11. The van der Waals surface area contributed by atoms with Crippen LogP contribution in [-0.2, 0) is 11.2 Å². The van der Waals surface area contributed by atoms with Gasteiger partial charge in [0, 0.05) is 23.3 Å². The highest BCUT2D eigenvalue weighted by molar-refractivity contribution is 9.11. The number of hydrogen-bond donors (Lipinski definition) is 2. The molecule has 1 aromatic heterocycles. The molecular weight excluding hydrogens is 338 g/mol. The van der Waals surface area contributed by atoms with Gasteiger partial charge in [0.2, 0.25) is 5.91 Å². The number of carbonyl (C=O) groups is 1. The molecule has 2 N–H and O–H groups in total. The Morgan fingerprint density at radius 1 is 1.40 bits per heavy atom. The van der Waals surface area contributed by atoms with E-state index in [1.54, 1.807) is 11.3 Å². The molecule has 0 unspecified atom stereocenters. The normalized spacial score (nSPS) is 11.6. The van der Waals surface area contributed by atoms with Crippen LogP contribution in [0.15, 0.2) is 15.9 Å². The Kier molecular flexibility index (Phi) is 7.77. The summed E-state index contributed by atoms with van der Waals surface area (Å²) < 4.78 is 1.13. The zero-order chi connectivity index (χ0) is 15.0. The van der Waals surface area contributed by atoms with Gasteiger partial charge >= 0.3 is 0 Å². The maximum atomic E-state index is 11.8. The minimum absolute atomic E-state index is 0.0837. The molecule has 1 amide bonds. The first-order valence-electron chi connectivity index (χ1n) is 7.17. The van der Waals surface area contributed by atoms with Gasteiger partial charge in [-0.05, 0) is 53.7 Å². The van der Waals surface area contributed by atoms with Gasteiger partial charge in [-0.15, -0.1) is 11.3 Å². The predicted octanol–water partition coefficient (Wildman–Crippen LogP) is 3.75. The molecule has 0 aromatic carbocycles. The molecule has 0 radical (unpaired) electrons. The number of aliphatic hydroxyl groups is 1. The van der Waals surface area contributed by atoms with E-state index in [1.807, 2.05) is 6.07 Å². The minimum Gasteiger partial charge on any atom is -0.396 e. The second kappa shape index (κ2) is 8.80. The topological polar surface area (TPSA) is 49.3 Å². The van der Waals surface area contributed by atoms with Crippen LogP contribution in [0.25, 0.3) is 0 Å². The lowest BCUT2D eigenvalue weighted by molar-refractivity contribution is -0.121. The van der Waals surface area contributed by atoms with E-state index in [1.165, 1.54) is 4.88 Å². The minimum atomic E-state index is -0.158. The van der Waals surface area contributed by atoms with Crippen molar-refractivity contribution in [2.45, 2.75) is 46.0 Å². The number of aliphatic hydroxyl groups excluding tert-OH is 1. The van der Waals surface area contributed by atoms with Crippen molar-refractivity contribution in [3.8, 4) is 0 Å². The Bertz CT molecular complexity index is 407. The number of amides is 1. The third-order valence-electron chi connectivity index (χ3n) is 3.95. The van der Waals surface area contributed by atoms with Crippen molar-refractivity contribution in [2.24, 2.45) is 5.41 Å². The van der Waals surface area contributed by atoms with Crippen LogP contribution in [0.2, 0.25) is 0 Å². The molecule has 5 heteroatoms. The van der Waals surface area contributed by atoms with Crippen LogP contribution < -0.4 is 5.32 Å². The van der Waals surface area contributed by atoms with Gasteiger partial charge < -0.3 is 10.4 Å². The molecule has 0 spiro atoms. The number of nitrogens with one attached hydrogen (secondary N) is 1. The lowest BCUT2D eigenvalue weighted by Crippen LogP contribution is -2.39. The lowest BCUT2D eigenvalue weighted by Gasteiger charge is -2.29. The van der Waals surface area contributed by atoms with E-state index >= 15 is 0 Å². The van der Waals surface area contributed by atoms with Crippen molar-refractivity contribution in [3.63, 3.8) is 0 Å². The van der Waals surface area contributed by atoms with Crippen LogP contribution in [0.4, 0.5) is 0 Å². The van der Waals surface area contributed by atoms with E-state index in [2.05, 4.69) is 41.2 Å². The average molecular weight is 362 g/mol. The van der Waals surface area contributed by atoms with Crippen molar-refractivity contribution >= 4 is 33.2 Å². The average Bonchev–Trinajstić information content (AvgIpc) is 2.87. The van der Waals surface area contributed by atoms with Gasteiger partial charge in [0.05, 0.1) is 10.4 Å². The van der Waals surface area contributed by atoms with E-state index in [0.29, 0.717) is 13.0 Å². The maximum absolute atomic E-state index is 11.8. The van der Waals surface area contributed by atoms with Crippen LogP contribution >= 0.6 is 27.3 Å². The predicted molar refractivity (Wildman–Crippen MR) is 88.1 cm³/mol. The summed E-state index contributed by atoms with van der Waals surface area (Å²) in [5.41, 5.74) is -0.158. The summed E-state index contributed by atoms with van der Waals surface area (Å²) >= 11 is 5.16. The molecule has 0 aliphatic carbocycles. The third-order valence-corrected chi connectivity index (χ3v) is 5.64. The molecule has 0 atom stereocenters. The summed E-state index contributed by atoms with van der Waals surface area (Å²) in [6, 6.07) is 4.13. The largest absolute Gasteiger partial charge is 0.396 e. The first-order chi connectivity index (χ1) is 9.55. The van der Waals surface area contributed by atoms with E-state index in [0.717, 1.165) is 29.5 Å². The zero-order valence-electron chi connectivity index (χ0n) is 12.2. The summed E-state index contributed by atoms with van der Waals surface area (Å²) in [4.78, 5) is 13.1. The SMILES string of the molecule is CCC(CC)(CO)CNC(=O)CCCc1ccc(Br)s1. The Morgan fingerprint density at radius 2 is 2.10 bits per heavy atom. The molecule has 1 aromatic rings. The summed E-state index contributed by atoms with van der Waals surface area (Å²) in [7, 11) is 0. The number of carbonyl (C=O) groups excluding carboxylic acids is 1. The molecule has 0 aliphatic rings. The van der Waals surface area contributed by atoms with Gasteiger partial charge in [0.25, 0.3) is 0 Å². The van der Waals surface area contributed by atoms with Gasteiger partial charge in [-0.1, -0.05) is 13.8 Å². The number of aryl methyl sites for hydroxylation is 1. The molecule has 1 rings (SSSR count). The van der Waals surface area contributed by atoms with Gasteiger partial charge in [-0.3, -0.25) is 4.79 Å². The van der Waals surface area contributed by atoms with E-state index in [4.69, 9.17) is 0 Å².